The molecule has 3 aromatic carbocycles. The van der Waals surface area contributed by atoms with Crippen molar-refractivity contribution in [1.82, 2.24) is 4.57 Å². The third kappa shape index (κ3) is 4.72. The van der Waals surface area contributed by atoms with Gasteiger partial charge in [-0.25, -0.2) is 9.29 Å². The van der Waals surface area contributed by atoms with Crippen molar-refractivity contribution < 1.29 is 23.7 Å². The fraction of sp³-hybridized carbons (Fsp3) is 0.143. The van der Waals surface area contributed by atoms with E-state index < -0.39 is 50.4 Å². The zero-order valence-electron chi connectivity index (χ0n) is 20.9. The van der Waals surface area contributed by atoms with Crippen molar-refractivity contribution >= 4 is 57.9 Å². The van der Waals surface area contributed by atoms with Gasteiger partial charge in [-0.1, -0.05) is 53.4 Å². The van der Waals surface area contributed by atoms with Crippen molar-refractivity contribution in [2.45, 2.75) is 22.7 Å². The average Bonchev–Trinajstić information content (AvgIpc) is 3.40. The minimum atomic E-state index is -0.947. The van der Waals surface area contributed by atoms with Crippen LogP contribution < -0.4 is 15.1 Å². The lowest BCUT2D eigenvalue weighted by molar-refractivity contribution is -0.384. The van der Waals surface area contributed by atoms with E-state index in [0.29, 0.717) is 21.2 Å². The number of amides is 3. The maximum Gasteiger partial charge on any atom is 0.308 e. The van der Waals surface area contributed by atoms with Crippen LogP contribution in [0.15, 0.2) is 88.7 Å². The lowest BCUT2D eigenvalue weighted by atomic mass is 9.83. The van der Waals surface area contributed by atoms with Crippen LogP contribution in [0, 0.1) is 21.8 Å². The van der Waals surface area contributed by atoms with Crippen LogP contribution in [-0.2, 0) is 20.9 Å². The Hall–Kier alpha value is -4.62. The first-order chi connectivity index (χ1) is 19.7. The van der Waals surface area contributed by atoms with Gasteiger partial charge >= 0.3 is 4.87 Å². The molecular weight excluding hydrogens is 571 g/mol. The number of aromatic nitrogens is 1. The Balaban J connectivity index is 1.40. The molecule has 206 valence electrons. The molecule has 2 aliphatic rings. The normalized spacial score (nSPS) is 19.5. The van der Waals surface area contributed by atoms with Crippen molar-refractivity contribution in [2.75, 3.05) is 10.2 Å². The van der Waals surface area contributed by atoms with Crippen molar-refractivity contribution in [3.05, 3.63) is 115 Å². The van der Waals surface area contributed by atoms with Gasteiger partial charge in [0.15, 0.2) is 0 Å². The number of imide groups is 1. The van der Waals surface area contributed by atoms with E-state index in [0.717, 1.165) is 28.0 Å². The van der Waals surface area contributed by atoms with Gasteiger partial charge in [-0.3, -0.25) is 33.9 Å². The van der Waals surface area contributed by atoms with E-state index in [-0.39, 0.29) is 17.9 Å². The molecule has 1 N–H and O–H groups in total. The number of thioether (sulfide) groups is 1. The molecule has 13 heteroatoms. The highest BCUT2D eigenvalue weighted by molar-refractivity contribution is 8.00. The Kier molecular flexibility index (Phi) is 6.75. The number of fused-ring (bicyclic) bond motifs is 2. The number of carbonyl (C=O) groups is 3. The predicted molar refractivity (Wildman–Crippen MR) is 151 cm³/mol. The summed E-state index contributed by atoms with van der Waals surface area (Å²) < 4.78 is 15.1. The summed E-state index contributed by atoms with van der Waals surface area (Å²) in [7, 11) is 0. The number of hydrogen-bond acceptors (Lipinski definition) is 8. The van der Waals surface area contributed by atoms with Crippen LogP contribution in [0.1, 0.15) is 16.4 Å². The number of rotatable bonds is 6. The molecular formula is C28H19FN4O6S2. The number of nitro benzene ring substituents is 1. The number of para-hydroxylation sites is 1. The number of thiazole rings is 1. The molecule has 3 amide bonds. The lowest BCUT2D eigenvalue weighted by Gasteiger charge is -2.30. The molecule has 0 aliphatic carbocycles. The van der Waals surface area contributed by atoms with Gasteiger partial charge in [-0.05, 0) is 42.0 Å². The number of nitrogens with zero attached hydrogens (tertiary/aromatic N) is 3. The van der Waals surface area contributed by atoms with Crippen molar-refractivity contribution in [1.29, 1.82) is 0 Å². The second-order valence-corrected chi connectivity index (χ2v) is 11.5. The first-order valence-electron chi connectivity index (χ1n) is 12.4. The topological polar surface area (TPSA) is 132 Å². The molecule has 6 rings (SSSR count). The molecule has 0 spiro atoms. The number of non-ortho nitro benzene ring substituents is 1. The van der Waals surface area contributed by atoms with E-state index in [9.17, 15) is 33.7 Å². The smallest absolute Gasteiger partial charge is 0.308 e. The minimum Gasteiger partial charge on any atom is -0.325 e. The molecule has 41 heavy (non-hydrogen) atoms. The fourth-order valence-corrected chi connectivity index (χ4v) is 7.90. The number of anilines is 2. The summed E-state index contributed by atoms with van der Waals surface area (Å²) in [6.45, 7) is -0.311. The number of nitro groups is 1. The van der Waals surface area contributed by atoms with E-state index in [1.54, 1.807) is 30.3 Å². The standard InChI is InChI=1S/C28H19FN4O6S2/c29-16-8-6-15(7-9-16)21-22-23(26(36)32(25(22)35)18-10-12-19(13-11-18)33(38)39)40-27-24(21)41-28(37)31(27)14-20(34)30-17-4-2-1-3-5-17/h1-13,21-23H,14H2,(H,30,34)/t21-,22?,23?/m1/s1. The second-order valence-electron chi connectivity index (χ2n) is 9.42. The largest absolute Gasteiger partial charge is 0.325 e. The number of nitrogens with one attached hydrogen (secondary N) is 1. The molecule has 2 unspecified atom stereocenters. The summed E-state index contributed by atoms with van der Waals surface area (Å²) in [5, 5.41) is 13.3. The summed E-state index contributed by atoms with van der Waals surface area (Å²) in [4.78, 5) is 65.2. The van der Waals surface area contributed by atoms with Crippen LogP contribution in [0.4, 0.5) is 21.5 Å². The molecule has 2 aliphatic heterocycles. The number of halogens is 1. The summed E-state index contributed by atoms with van der Waals surface area (Å²) in [5.41, 5.74) is 1.09. The van der Waals surface area contributed by atoms with Crippen molar-refractivity contribution in [2.24, 2.45) is 5.92 Å². The maximum atomic E-state index is 13.8. The third-order valence-electron chi connectivity index (χ3n) is 6.96. The van der Waals surface area contributed by atoms with Crippen LogP contribution in [0.5, 0.6) is 0 Å². The summed E-state index contributed by atoms with van der Waals surface area (Å²) in [5.74, 6) is -3.69. The van der Waals surface area contributed by atoms with E-state index in [1.807, 2.05) is 0 Å². The van der Waals surface area contributed by atoms with Gasteiger partial charge in [-0.2, -0.15) is 0 Å². The van der Waals surface area contributed by atoms with Crippen LogP contribution in [0.2, 0.25) is 0 Å². The van der Waals surface area contributed by atoms with Gasteiger partial charge in [0.05, 0.1) is 21.6 Å². The molecule has 4 aromatic rings. The molecule has 3 heterocycles. The SMILES string of the molecule is O=C(Cn1c2c(sc1=O)[C@H](c1ccc(F)cc1)C1C(=O)N(c3ccc([N+](=O)[O-])cc3)C(=O)C1S2)Nc1ccccc1. The van der Waals surface area contributed by atoms with Crippen LogP contribution in [-0.4, -0.2) is 32.5 Å². The molecule has 0 bridgehead atoms. The molecule has 0 saturated carbocycles. The van der Waals surface area contributed by atoms with Gasteiger partial charge in [0.25, 0.3) is 5.69 Å². The Bertz CT molecular complexity index is 1760. The van der Waals surface area contributed by atoms with E-state index in [1.165, 1.54) is 53.1 Å². The summed E-state index contributed by atoms with van der Waals surface area (Å²) in [6.07, 6.45) is 0. The number of hydrogen-bond donors (Lipinski definition) is 1. The Morgan fingerprint density at radius 3 is 2.29 bits per heavy atom. The van der Waals surface area contributed by atoms with E-state index in [2.05, 4.69) is 5.32 Å². The first-order valence-corrected chi connectivity index (χ1v) is 14.1. The fourth-order valence-electron chi connectivity index (χ4n) is 5.13. The van der Waals surface area contributed by atoms with Crippen LogP contribution in [0.25, 0.3) is 0 Å². The van der Waals surface area contributed by atoms with E-state index >= 15 is 0 Å². The Morgan fingerprint density at radius 1 is 0.951 bits per heavy atom. The molecule has 1 fully saturated rings. The Labute approximate surface area is 239 Å². The second kappa shape index (κ2) is 10.4. The summed E-state index contributed by atoms with van der Waals surface area (Å²) in [6, 6.07) is 19.4. The first kappa shape index (κ1) is 26.6. The van der Waals surface area contributed by atoms with Gasteiger partial charge < -0.3 is 5.32 Å². The molecule has 0 radical (unpaired) electrons. The van der Waals surface area contributed by atoms with Gasteiger partial charge in [0.2, 0.25) is 17.7 Å². The zero-order chi connectivity index (χ0) is 28.8. The van der Waals surface area contributed by atoms with Gasteiger partial charge in [-0.15, -0.1) is 0 Å². The van der Waals surface area contributed by atoms with Gasteiger partial charge in [0.1, 0.15) is 17.6 Å². The molecule has 1 saturated heterocycles. The number of benzene rings is 3. The molecule has 3 atom stereocenters. The predicted octanol–water partition coefficient (Wildman–Crippen LogP) is 4.39. The number of carbonyl (C=O) groups excluding carboxylic acids is 3. The average molecular weight is 591 g/mol. The van der Waals surface area contributed by atoms with Crippen LogP contribution >= 0.6 is 23.1 Å². The maximum absolute atomic E-state index is 13.8. The molecule has 1 aromatic heterocycles. The lowest BCUT2D eigenvalue weighted by Crippen LogP contribution is -2.33. The van der Waals surface area contributed by atoms with Crippen molar-refractivity contribution in [3.8, 4) is 0 Å². The monoisotopic (exact) mass is 590 g/mol. The molecule has 10 nitrogen and oxygen atoms in total. The van der Waals surface area contributed by atoms with Crippen LogP contribution in [0.3, 0.4) is 0 Å². The Morgan fingerprint density at radius 2 is 1.63 bits per heavy atom. The minimum absolute atomic E-state index is 0.182. The quantitative estimate of drug-likeness (QED) is 0.200. The van der Waals surface area contributed by atoms with Gasteiger partial charge in [0, 0.05) is 28.6 Å². The highest BCUT2D eigenvalue weighted by atomic mass is 32.2. The third-order valence-corrected chi connectivity index (χ3v) is 9.56. The summed E-state index contributed by atoms with van der Waals surface area (Å²) >= 11 is 1.92. The highest BCUT2D eigenvalue weighted by Crippen LogP contribution is 2.53. The highest BCUT2D eigenvalue weighted by Gasteiger charge is 2.56. The van der Waals surface area contributed by atoms with Crippen molar-refractivity contribution in [3.63, 3.8) is 0 Å². The zero-order valence-corrected chi connectivity index (χ0v) is 22.6. The van der Waals surface area contributed by atoms with E-state index in [4.69, 9.17) is 0 Å².